The number of hydrogen-bond donors (Lipinski definition) is 2. The van der Waals surface area contributed by atoms with Crippen molar-refractivity contribution in [3.05, 3.63) is 40.2 Å². The molecule has 7 heteroatoms. The van der Waals surface area contributed by atoms with Crippen molar-refractivity contribution in [2.24, 2.45) is 4.99 Å². The van der Waals surface area contributed by atoms with Crippen LogP contribution in [0.5, 0.6) is 0 Å². The van der Waals surface area contributed by atoms with Gasteiger partial charge in [-0.2, -0.15) is 0 Å². The lowest BCUT2D eigenvalue weighted by Gasteiger charge is -2.28. The molecular formula is C20H33N5OS. The van der Waals surface area contributed by atoms with E-state index < -0.39 is 0 Å². The summed E-state index contributed by atoms with van der Waals surface area (Å²) in [6.07, 6.45) is 1.74. The smallest absolute Gasteiger partial charge is 0.191 e. The van der Waals surface area contributed by atoms with E-state index in [1.165, 1.54) is 0 Å². The van der Waals surface area contributed by atoms with Gasteiger partial charge >= 0.3 is 0 Å². The molecule has 0 aliphatic heterocycles. The SMILES string of the molecule is CCNC(=NCc1nc(C(C)C)cs1)NCC(c1ccco1)N(CC)CC. The van der Waals surface area contributed by atoms with Gasteiger partial charge in [0.2, 0.25) is 0 Å². The van der Waals surface area contributed by atoms with E-state index in [0.29, 0.717) is 12.5 Å². The number of hydrogen-bond acceptors (Lipinski definition) is 5. The van der Waals surface area contributed by atoms with E-state index in [2.05, 4.69) is 60.5 Å². The van der Waals surface area contributed by atoms with Crippen LogP contribution in [-0.4, -0.2) is 42.0 Å². The maximum absolute atomic E-state index is 5.68. The van der Waals surface area contributed by atoms with E-state index in [0.717, 1.165) is 48.6 Å². The number of furan rings is 1. The molecule has 2 N–H and O–H groups in total. The Morgan fingerprint density at radius 2 is 2.04 bits per heavy atom. The van der Waals surface area contributed by atoms with Crippen molar-refractivity contribution < 1.29 is 4.42 Å². The van der Waals surface area contributed by atoms with Crippen LogP contribution in [0.1, 0.15) is 63.0 Å². The molecule has 2 aromatic heterocycles. The summed E-state index contributed by atoms with van der Waals surface area (Å²) in [5.41, 5.74) is 1.14. The zero-order valence-corrected chi connectivity index (χ0v) is 18.0. The molecule has 0 fully saturated rings. The van der Waals surface area contributed by atoms with Crippen LogP contribution in [0.4, 0.5) is 0 Å². The Labute approximate surface area is 167 Å². The van der Waals surface area contributed by atoms with Gasteiger partial charge in [-0.05, 0) is 38.1 Å². The molecule has 27 heavy (non-hydrogen) atoms. The van der Waals surface area contributed by atoms with Gasteiger partial charge in [0.15, 0.2) is 5.96 Å². The molecule has 0 bridgehead atoms. The molecule has 150 valence electrons. The van der Waals surface area contributed by atoms with Crippen molar-refractivity contribution in [1.82, 2.24) is 20.5 Å². The van der Waals surface area contributed by atoms with E-state index in [4.69, 9.17) is 9.41 Å². The second-order valence-electron chi connectivity index (χ2n) is 6.65. The van der Waals surface area contributed by atoms with Gasteiger partial charge in [-0.1, -0.05) is 27.7 Å². The summed E-state index contributed by atoms with van der Waals surface area (Å²) in [6, 6.07) is 4.16. The number of likely N-dealkylation sites (N-methyl/N-ethyl adjacent to an activating group) is 1. The van der Waals surface area contributed by atoms with E-state index in [1.54, 1.807) is 17.6 Å². The van der Waals surface area contributed by atoms with Crippen LogP contribution in [0.15, 0.2) is 33.2 Å². The predicted molar refractivity (Wildman–Crippen MR) is 113 cm³/mol. The molecule has 0 spiro atoms. The molecule has 0 saturated heterocycles. The highest BCUT2D eigenvalue weighted by Gasteiger charge is 2.20. The zero-order valence-electron chi connectivity index (χ0n) is 17.2. The summed E-state index contributed by atoms with van der Waals surface area (Å²) < 4.78 is 5.68. The first-order valence-electron chi connectivity index (χ1n) is 9.82. The molecule has 2 rings (SSSR count). The van der Waals surface area contributed by atoms with Gasteiger partial charge in [0.05, 0.1) is 24.5 Å². The first kappa shape index (κ1) is 21.4. The topological polar surface area (TPSA) is 65.7 Å². The molecular weight excluding hydrogens is 358 g/mol. The number of thiazole rings is 1. The van der Waals surface area contributed by atoms with Crippen LogP contribution < -0.4 is 10.6 Å². The lowest BCUT2D eigenvalue weighted by atomic mass is 10.2. The Morgan fingerprint density at radius 3 is 2.59 bits per heavy atom. The Bertz CT molecular complexity index is 676. The van der Waals surface area contributed by atoms with E-state index >= 15 is 0 Å². The predicted octanol–water partition coefficient (Wildman–Crippen LogP) is 4.00. The van der Waals surface area contributed by atoms with E-state index in [1.807, 2.05) is 12.1 Å². The molecule has 1 atom stereocenters. The minimum atomic E-state index is 0.172. The normalized spacial score (nSPS) is 13.4. The van der Waals surface area contributed by atoms with Gasteiger partial charge in [-0.3, -0.25) is 4.90 Å². The van der Waals surface area contributed by atoms with Gasteiger partial charge < -0.3 is 15.1 Å². The molecule has 6 nitrogen and oxygen atoms in total. The van der Waals surface area contributed by atoms with E-state index in [-0.39, 0.29) is 6.04 Å². The van der Waals surface area contributed by atoms with Crippen molar-refractivity contribution in [1.29, 1.82) is 0 Å². The Morgan fingerprint density at radius 1 is 1.26 bits per heavy atom. The van der Waals surface area contributed by atoms with Gasteiger partial charge in [-0.25, -0.2) is 9.98 Å². The Kier molecular flexibility index (Phi) is 8.81. The number of guanidine groups is 1. The first-order valence-corrected chi connectivity index (χ1v) is 10.7. The quantitative estimate of drug-likeness (QED) is 0.473. The third kappa shape index (κ3) is 6.36. The summed E-state index contributed by atoms with van der Waals surface area (Å²) in [4.78, 5) is 11.8. The summed E-state index contributed by atoms with van der Waals surface area (Å²) in [7, 11) is 0. The minimum Gasteiger partial charge on any atom is -0.468 e. The molecule has 2 aromatic rings. The fraction of sp³-hybridized carbons (Fsp3) is 0.600. The average molecular weight is 392 g/mol. The first-order chi connectivity index (χ1) is 13.1. The molecule has 2 heterocycles. The number of aromatic nitrogens is 1. The van der Waals surface area contributed by atoms with Gasteiger partial charge in [0.25, 0.3) is 0 Å². The second-order valence-corrected chi connectivity index (χ2v) is 7.59. The molecule has 0 aliphatic carbocycles. The lowest BCUT2D eigenvalue weighted by molar-refractivity contribution is 0.193. The highest BCUT2D eigenvalue weighted by molar-refractivity contribution is 7.09. The Balaban J connectivity index is 2.04. The zero-order chi connectivity index (χ0) is 19.6. The summed E-state index contributed by atoms with van der Waals surface area (Å²) in [5, 5.41) is 9.97. The van der Waals surface area contributed by atoms with Gasteiger partial charge in [0.1, 0.15) is 10.8 Å². The standard InChI is InChI=1S/C20H33N5OS/c1-6-21-20(23-13-19-24-16(14-27-19)15(4)5)22-12-17(25(7-2)8-3)18-10-9-11-26-18/h9-11,14-15,17H,6-8,12-13H2,1-5H3,(H2,21,22,23). The number of nitrogens with one attached hydrogen (secondary N) is 2. The van der Waals surface area contributed by atoms with Crippen LogP contribution in [0.2, 0.25) is 0 Å². The van der Waals surface area contributed by atoms with Crippen molar-refractivity contribution in [3.63, 3.8) is 0 Å². The van der Waals surface area contributed by atoms with E-state index in [9.17, 15) is 0 Å². The van der Waals surface area contributed by atoms with Crippen molar-refractivity contribution in [3.8, 4) is 0 Å². The van der Waals surface area contributed by atoms with Crippen LogP contribution >= 0.6 is 11.3 Å². The summed E-state index contributed by atoms with van der Waals surface area (Å²) in [5.74, 6) is 2.24. The van der Waals surface area contributed by atoms with Crippen molar-refractivity contribution >= 4 is 17.3 Å². The average Bonchev–Trinajstić information content (AvgIpc) is 3.35. The molecule has 0 aromatic carbocycles. The fourth-order valence-corrected chi connectivity index (χ4v) is 3.78. The van der Waals surface area contributed by atoms with Crippen LogP contribution in [0.3, 0.4) is 0 Å². The van der Waals surface area contributed by atoms with Crippen molar-refractivity contribution in [2.75, 3.05) is 26.2 Å². The van der Waals surface area contributed by atoms with Crippen LogP contribution in [0, 0.1) is 0 Å². The lowest BCUT2D eigenvalue weighted by Crippen LogP contribution is -2.43. The number of nitrogens with zero attached hydrogens (tertiary/aromatic N) is 3. The molecule has 1 unspecified atom stereocenters. The van der Waals surface area contributed by atoms with Gasteiger partial charge in [-0.15, -0.1) is 11.3 Å². The number of rotatable bonds is 10. The van der Waals surface area contributed by atoms with Gasteiger partial charge in [0, 0.05) is 18.5 Å². The molecule has 0 saturated carbocycles. The largest absolute Gasteiger partial charge is 0.468 e. The van der Waals surface area contributed by atoms with Crippen LogP contribution in [0.25, 0.3) is 0 Å². The third-order valence-corrected chi connectivity index (χ3v) is 5.32. The second kappa shape index (κ2) is 11.1. The monoisotopic (exact) mass is 391 g/mol. The molecule has 0 radical (unpaired) electrons. The minimum absolute atomic E-state index is 0.172. The molecule has 0 amide bonds. The fourth-order valence-electron chi connectivity index (χ4n) is 2.90. The third-order valence-electron chi connectivity index (χ3n) is 4.47. The molecule has 0 aliphatic rings. The maximum Gasteiger partial charge on any atom is 0.191 e. The highest BCUT2D eigenvalue weighted by Crippen LogP contribution is 2.20. The maximum atomic E-state index is 5.68. The van der Waals surface area contributed by atoms with Crippen LogP contribution in [-0.2, 0) is 6.54 Å². The highest BCUT2D eigenvalue weighted by atomic mass is 32.1. The Hall–Kier alpha value is -1.86. The summed E-state index contributed by atoms with van der Waals surface area (Å²) >= 11 is 1.68. The van der Waals surface area contributed by atoms with Crippen molar-refractivity contribution in [2.45, 2.75) is 53.1 Å². The summed E-state index contributed by atoms with van der Waals surface area (Å²) in [6.45, 7) is 14.8. The number of aliphatic imine (C=N–C) groups is 1.